The highest BCUT2D eigenvalue weighted by atomic mass is 19.1. The van der Waals surface area contributed by atoms with Gasteiger partial charge in [-0.2, -0.15) is 0 Å². The van der Waals surface area contributed by atoms with Crippen molar-refractivity contribution in [3.05, 3.63) is 77.6 Å². The third kappa shape index (κ3) is 3.16. The molecule has 0 spiro atoms. The molecule has 3 rings (SSSR count). The Morgan fingerprint density at radius 1 is 1.09 bits per heavy atom. The predicted molar refractivity (Wildman–Crippen MR) is 88.1 cm³/mol. The molecule has 3 aromatic carbocycles. The highest BCUT2D eigenvalue weighted by molar-refractivity contribution is 5.94. The second-order valence-corrected chi connectivity index (χ2v) is 5.17. The zero-order valence-electron chi connectivity index (χ0n) is 12.7. The van der Waals surface area contributed by atoms with Crippen molar-refractivity contribution in [2.24, 2.45) is 0 Å². The van der Waals surface area contributed by atoms with Crippen molar-refractivity contribution in [1.82, 2.24) is 5.32 Å². The van der Waals surface area contributed by atoms with E-state index in [-0.39, 0.29) is 17.2 Å². The molecule has 23 heavy (non-hydrogen) atoms. The first-order chi connectivity index (χ1) is 11.2. The second-order valence-electron chi connectivity index (χ2n) is 5.17. The third-order valence-electron chi connectivity index (χ3n) is 3.73. The first-order valence-electron chi connectivity index (χ1n) is 7.27. The molecule has 0 atom stereocenters. The van der Waals surface area contributed by atoms with Crippen LogP contribution >= 0.6 is 0 Å². The molecule has 0 aliphatic heterocycles. The van der Waals surface area contributed by atoms with E-state index in [1.54, 1.807) is 6.07 Å². The van der Waals surface area contributed by atoms with Gasteiger partial charge < -0.3 is 10.1 Å². The summed E-state index contributed by atoms with van der Waals surface area (Å²) < 4.78 is 18.5. The molecular formula is C19H16FNO2. The van der Waals surface area contributed by atoms with Gasteiger partial charge in [-0.15, -0.1) is 0 Å². The molecule has 0 aromatic heterocycles. The van der Waals surface area contributed by atoms with Crippen LogP contribution in [0.1, 0.15) is 15.9 Å². The number of carbonyl (C=O) groups excluding carboxylic acids is 1. The molecule has 1 amide bonds. The fraction of sp³-hybridized carbons (Fsp3) is 0.105. The summed E-state index contributed by atoms with van der Waals surface area (Å²) in [5.74, 6) is -0.750. The smallest absolute Gasteiger partial charge is 0.251 e. The monoisotopic (exact) mass is 309 g/mol. The zero-order valence-corrected chi connectivity index (χ0v) is 12.7. The van der Waals surface area contributed by atoms with Crippen molar-refractivity contribution in [3.63, 3.8) is 0 Å². The Labute approximate surface area is 133 Å². The van der Waals surface area contributed by atoms with Gasteiger partial charge in [-0.1, -0.05) is 42.5 Å². The summed E-state index contributed by atoms with van der Waals surface area (Å²) in [6.07, 6.45) is 0. The highest BCUT2D eigenvalue weighted by Gasteiger charge is 2.10. The average molecular weight is 309 g/mol. The van der Waals surface area contributed by atoms with Crippen LogP contribution in [0.2, 0.25) is 0 Å². The molecule has 0 heterocycles. The summed E-state index contributed by atoms with van der Waals surface area (Å²) in [7, 11) is 1.39. The minimum absolute atomic E-state index is 0.121. The Hall–Kier alpha value is -2.88. The van der Waals surface area contributed by atoms with Gasteiger partial charge in [0.1, 0.15) is 0 Å². The van der Waals surface area contributed by atoms with Crippen molar-refractivity contribution < 1.29 is 13.9 Å². The molecule has 0 unspecified atom stereocenters. The van der Waals surface area contributed by atoms with E-state index in [2.05, 4.69) is 5.32 Å². The number of hydrogen-bond donors (Lipinski definition) is 1. The fourth-order valence-electron chi connectivity index (χ4n) is 2.53. The Kier molecular flexibility index (Phi) is 4.24. The van der Waals surface area contributed by atoms with Crippen LogP contribution in [-0.2, 0) is 6.54 Å². The number of carbonyl (C=O) groups is 1. The number of nitrogens with one attached hydrogen (secondary N) is 1. The summed E-state index contributed by atoms with van der Waals surface area (Å²) in [6.45, 7) is 0.383. The van der Waals surface area contributed by atoms with Crippen LogP contribution in [0.15, 0.2) is 60.7 Å². The topological polar surface area (TPSA) is 38.3 Å². The molecule has 3 aromatic rings. The molecule has 4 heteroatoms. The largest absolute Gasteiger partial charge is 0.494 e. The first kappa shape index (κ1) is 15.0. The van der Waals surface area contributed by atoms with Crippen molar-refractivity contribution >= 4 is 16.7 Å². The Balaban J connectivity index is 1.77. The maximum Gasteiger partial charge on any atom is 0.251 e. The summed E-state index contributed by atoms with van der Waals surface area (Å²) in [4.78, 5) is 12.2. The van der Waals surface area contributed by atoms with E-state index in [0.717, 1.165) is 16.3 Å². The minimum atomic E-state index is -0.551. The van der Waals surface area contributed by atoms with E-state index >= 15 is 0 Å². The molecule has 1 N–H and O–H groups in total. The van der Waals surface area contributed by atoms with Gasteiger partial charge in [-0.05, 0) is 34.5 Å². The summed E-state index contributed by atoms with van der Waals surface area (Å²) in [5, 5.41) is 5.04. The molecule has 0 aliphatic carbocycles. The standard InChI is InChI=1S/C19H16FNO2/c1-23-18-10-9-14(11-17(18)20)19(22)21-12-15-7-4-6-13-5-2-3-8-16(13)15/h2-11H,12H2,1H3,(H,21,22). The number of halogens is 1. The van der Waals surface area contributed by atoms with Crippen LogP contribution in [0.25, 0.3) is 10.8 Å². The average Bonchev–Trinajstić information content (AvgIpc) is 2.59. The van der Waals surface area contributed by atoms with Crippen molar-refractivity contribution in [3.8, 4) is 5.75 Å². The zero-order chi connectivity index (χ0) is 16.2. The second kappa shape index (κ2) is 6.48. The van der Waals surface area contributed by atoms with Crippen LogP contribution in [0, 0.1) is 5.82 Å². The quantitative estimate of drug-likeness (QED) is 0.793. The van der Waals surface area contributed by atoms with Crippen molar-refractivity contribution in [1.29, 1.82) is 0 Å². The molecule has 0 saturated carbocycles. The Morgan fingerprint density at radius 2 is 1.87 bits per heavy atom. The maximum atomic E-state index is 13.7. The van der Waals surface area contributed by atoms with E-state index in [9.17, 15) is 9.18 Å². The van der Waals surface area contributed by atoms with Crippen molar-refractivity contribution in [2.45, 2.75) is 6.54 Å². The number of rotatable bonds is 4. The van der Waals surface area contributed by atoms with E-state index in [4.69, 9.17) is 4.74 Å². The minimum Gasteiger partial charge on any atom is -0.494 e. The van der Waals surface area contributed by atoms with E-state index in [1.165, 1.54) is 19.2 Å². The van der Waals surface area contributed by atoms with Gasteiger partial charge in [0.15, 0.2) is 11.6 Å². The van der Waals surface area contributed by atoms with Crippen LogP contribution in [0.5, 0.6) is 5.75 Å². The molecule has 0 aliphatic rings. The van der Waals surface area contributed by atoms with Crippen LogP contribution < -0.4 is 10.1 Å². The van der Waals surface area contributed by atoms with Crippen LogP contribution in [0.3, 0.4) is 0 Å². The molecular weight excluding hydrogens is 293 g/mol. The molecule has 0 bridgehead atoms. The highest BCUT2D eigenvalue weighted by Crippen LogP contribution is 2.19. The first-order valence-corrected chi connectivity index (χ1v) is 7.27. The Morgan fingerprint density at radius 3 is 2.65 bits per heavy atom. The lowest BCUT2D eigenvalue weighted by atomic mass is 10.0. The van der Waals surface area contributed by atoms with Gasteiger partial charge in [0.2, 0.25) is 0 Å². The molecule has 116 valence electrons. The van der Waals surface area contributed by atoms with E-state index in [1.807, 2.05) is 42.5 Å². The van der Waals surface area contributed by atoms with Gasteiger partial charge in [0.25, 0.3) is 5.91 Å². The third-order valence-corrected chi connectivity index (χ3v) is 3.73. The lowest BCUT2D eigenvalue weighted by molar-refractivity contribution is 0.0950. The summed E-state index contributed by atoms with van der Waals surface area (Å²) >= 11 is 0. The number of methoxy groups -OCH3 is 1. The van der Waals surface area contributed by atoms with Gasteiger partial charge in [-0.3, -0.25) is 4.79 Å². The van der Waals surface area contributed by atoms with Gasteiger partial charge in [0, 0.05) is 12.1 Å². The summed E-state index contributed by atoms with van der Waals surface area (Å²) in [5.41, 5.74) is 1.29. The number of amides is 1. The molecule has 0 saturated heterocycles. The van der Waals surface area contributed by atoms with Crippen LogP contribution in [-0.4, -0.2) is 13.0 Å². The number of benzene rings is 3. The number of fused-ring (bicyclic) bond motifs is 1. The van der Waals surface area contributed by atoms with Gasteiger partial charge in [0.05, 0.1) is 7.11 Å². The van der Waals surface area contributed by atoms with E-state index in [0.29, 0.717) is 6.54 Å². The van der Waals surface area contributed by atoms with Crippen molar-refractivity contribution in [2.75, 3.05) is 7.11 Å². The Bertz CT molecular complexity index is 856. The molecule has 0 radical (unpaired) electrons. The number of hydrogen-bond acceptors (Lipinski definition) is 2. The summed E-state index contributed by atoms with van der Waals surface area (Å²) in [6, 6.07) is 18.1. The molecule has 0 fully saturated rings. The SMILES string of the molecule is COc1ccc(C(=O)NCc2cccc3ccccc23)cc1F. The van der Waals surface area contributed by atoms with Gasteiger partial charge in [-0.25, -0.2) is 4.39 Å². The fourth-order valence-corrected chi connectivity index (χ4v) is 2.53. The maximum absolute atomic E-state index is 13.7. The van der Waals surface area contributed by atoms with Gasteiger partial charge >= 0.3 is 0 Å². The van der Waals surface area contributed by atoms with Crippen LogP contribution in [0.4, 0.5) is 4.39 Å². The van der Waals surface area contributed by atoms with E-state index < -0.39 is 5.82 Å². The predicted octanol–water partition coefficient (Wildman–Crippen LogP) is 3.92. The normalized spacial score (nSPS) is 10.5. The number of ether oxygens (including phenoxy) is 1. The molecule has 3 nitrogen and oxygen atoms in total. The lowest BCUT2D eigenvalue weighted by Gasteiger charge is -2.09. The lowest BCUT2D eigenvalue weighted by Crippen LogP contribution is -2.23.